The quantitative estimate of drug-likeness (QED) is 0.141. The number of aromatic hydroxyl groups is 1. The number of unbranched alkanes of at least 4 members (excludes halogenated alkanes) is 2. The van der Waals surface area contributed by atoms with Gasteiger partial charge < -0.3 is 20.5 Å². The van der Waals surface area contributed by atoms with Crippen LogP contribution in [0.15, 0.2) is 18.2 Å². The fourth-order valence-electron chi connectivity index (χ4n) is 2.17. The maximum Gasteiger partial charge on any atom is 0.524 e. The summed E-state index contributed by atoms with van der Waals surface area (Å²) in [6.07, 6.45) is 2.37. The fourth-order valence-corrected chi connectivity index (χ4v) is 2.58. The van der Waals surface area contributed by atoms with Crippen molar-refractivity contribution in [1.82, 2.24) is 10.9 Å². The lowest BCUT2D eigenvalue weighted by molar-refractivity contribution is -0.140. The molecular formula is C15H24N3O8P. The average Bonchev–Trinajstić information content (AvgIpc) is 2.56. The molecule has 0 aliphatic heterocycles. The Kier molecular flexibility index (Phi) is 9.19. The van der Waals surface area contributed by atoms with Gasteiger partial charge in [-0.25, -0.2) is 9.99 Å². The monoisotopic (exact) mass is 405 g/mol. The predicted molar refractivity (Wildman–Crippen MR) is 94.7 cm³/mol. The summed E-state index contributed by atoms with van der Waals surface area (Å²) in [5.41, 5.74) is 10.5. The van der Waals surface area contributed by atoms with E-state index in [1.54, 1.807) is 0 Å². The molecule has 1 amide bonds. The lowest BCUT2D eigenvalue weighted by Gasteiger charge is -2.16. The number of aliphatic carboxylic acids is 1. The van der Waals surface area contributed by atoms with Crippen LogP contribution in [0.1, 0.15) is 31.2 Å². The van der Waals surface area contributed by atoms with Crippen LogP contribution in [-0.2, 0) is 20.6 Å². The van der Waals surface area contributed by atoms with E-state index in [9.17, 15) is 24.4 Å². The number of benzene rings is 1. The molecule has 0 heterocycles. The van der Waals surface area contributed by atoms with E-state index in [2.05, 4.69) is 15.4 Å². The van der Waals surface area contributed by atoms with E-state index in [4.69, 9.17) is 15.5 Å². The Morgan fingerprint density at radius 2 is 1.93 bits per heavy atom. The number of rotatable bonds is 12. The van der Waals surface area contributed by atoms with Gasteiger partial charge in [0.2, 0.25) is 5.91 Å². The zero-order valence-electron chi connectivity index (χ0n) is 14.5. The lowest BCUT2D eigenvalue weighted by atomic mass is 10.1. The maximum atomic E-state index is 11.7. The second kappa shape index (κ2) is 10.9. The molecule has 1 rings (SSSR count). The first-order chi connectivity index (χ1) is 12.6. The molecule has 12 heteroatoms. The van der Waals surface area contributed by atoms with E-state index < -0.39 is 31.3 Å². The Bertz CT molecular complexity index is 694. The van der Waals surface area contributed by atoms with E-state index >= 15 is 0 Å². The topological polar surface area (TPSA) is 191 Å². The van der Waals surface area contributed by atoms with Gasteiger partial charge >= 0.3 is 13.8 Å². The molecule has 0 spiro atoms. The molecule has 0 saturated carbocycles. The summed E-state index contributed by atoms with van der Waals surface area (Å²) in [4.78, 5) is 40.5. The van der Waals surface area contributed by atoms with Gasteiger partial charge in [0, 0.05) is 12.8 Å². The van der Waals surface area contributed by atoms with Crippen LogP contribution in [0.2, 0.25) is 0 Å². The summed E-state index contributed by atoms with van der Waals surface area (Å²) in [6.45, 7) is 0.547. The number of nitrogens with one attached hydrogen (secondary N) is 2. The molecule has 0 aromatic heterocycles. The van der Waals surface area contributed by atoms with Gasteiger partial charge in [0.15, 0.2) is 11.5 Å². The summed E-state index contributed by atoms with van der Waals surface area (Å²) in [5.74, 6) is -2.57. The van der Waals surface area contributed by atoms with Gasteiger partial charge in [-0.3, -0.25) is 24.8 Å². The molecular weight excluding hydrogens is 381 g/mol. The molecule has 27 heavy (non-hydrogen) atoms. The second-order valence-corrected chi connectivity index (χ2v) is 6.93. The second-order valence-electron chi connectivity index (χ2n) is 5.77. The summed E-state index contributed by atoms with van der Waals surface area (Å²) in [5, 5.41) is 19.0. The minimum Gasteiger partial charge on any atom is -0.504 e. The van der Waals surface area contributed by atoms with Gasteiger partial charge in [-0.15, -0.1) is 0 Å². The predicted octanol–water partition coefficient (Wildman–Crippen LogP) is -0.000700. The Morgan fingerprint density at radius 3 is 2.48 bits per heavy atom. The minimum atomic E-state index is -4.83. The molecule has 1 atom stereocenters. The molecule has 1 aromatic carbocycles. The Morgan fingerprint density at radius 1 is 1.22 bits per heavy atom. The van der Waals surface area contributed by atoms with Crippen LogP contribution in [0, 0.1) is 0 Å². The first-order valence-electron chi connectivity index (χ1n) is 8.16. The highest BCUT2D eigenvalue weighted by Gasteiger charge is 2.21. The molecule has 8 N–H and O–H groups in total. The zero-order chi connectivity index (χ0) is 20.4. The van der Waals surface area contributed by atoms with Crippen molar-refractivity contribution in [2.24, 2.45) is 5.73 Å². The molecule has 11 nitrogen and oxygen atoms in total. The summed E-state index contributed by atoms with van der Waals surface area (Å²) < 4.78 is 15.1. The summed E-state index contributed by atoms with van der Waals surface area (Å²) in [7, 11) is -4.83. The molecule has 0 saturated heterocycles. The van der Waals surface area contributed by atoms with Gasteiger partial charge in [0.25, 0.3) is 0 Å². The Labute approximate surface area is 155 Å². The van der Waals surface area contributed by atoms with E-state index in [0.29, 0.717) is 18.5 Å². The van der Waals surface area contributed by atoms with Crippen molar-refractivity contribution in [2.45, 2.75) is 38.1 Å². The van der Waals surface area contributed by atoms with E-state index in [1.807, 2.05) is 0 Å². The highest BCUT2D eigenvalue weighted by atomic mass is 31.2. The van der Waals surface area contributed by atoms with E-state index in [0.717, 1.165) is 25.0 Å². The lowest BCUT2D eigenvalue weighted by Crippen LogP contribution is -2.49. The molecule has 152 valence electrons. The van der Waals surface area contributed by atoms with Crippen molar-refractivity contribution >= 4 is 19.7 Å². The fraction of sp³-hybridized carbons (Fsp3) is 0.467. The van der Waals surface area contributed by atoms with Crippen LogP contribution < -0.4 is 21.1 Å². The number of phenolic OH excluding ortho intramolecular Hbond substituents is 1. The number of phenols is 1. The highest BCUT2D eigenvalue weighted by molar-refractivity contribution is 7.46. The van der Waals surface area contributed by atoms with Gasteiger partial charge in [0.1, 0.15) is 6.04 Å². The molecule has 0 aliphatic carbocycles. The van der Waals surface area contributed by atoms with Gasteiger partial charge in [-0.05, 0) is 37.1 Å². The smallest absolute Gasteiger partial charge is 0.504 e. The van der Waals surface area contributed by atoms with Crippen molar-refractivity contribution in [3.05, 3.63) is 23.8 Å². The number of carbonyl (C=O) groups is 2. The largest absolute Gasteiger partial charge is 0.524 e. The normalized spacial score (nSPS) is 12.4. The SMILES string of the molecule is NCCCCCC(=O)NNC(Cc1ccc(OP(=O)(O)O)c(O)c1)C(=O)O. The number of phosphoric ester groups is 1. The number of hydrogen-bond donors (Lipinski definition) is 7. The van der Waals surface area contributed by atoms with Gasteiger partial charge in [-0.1, -0.05) is 12.5 Å². The molecule has 0 bridgehead atoms. The van der Waals surface area contributed by atoms with Crippen LogP contribution in [0.5, 0.6) is 11.5 Å². The Hall–Kier alpha value is -2.17. The molecule has 0 aliphatic rings. The number of carboxylic acids is 1. The number of hydrazine groups is 1. The van der Waals surface area contributed by atoms with Crippen molar-refractivity contribution in [3.8, 4) is 11.5 Å². The van der Waals surface area contributed by atoms with Gasteiger partial charge in [-0.2, -0.15) is 0 Å². The molecule has 0 fully saturated rings. The molecule has 0 radical (unpaired) electrons. The summed E-state index contributed by atoms with van der Waals surface area (Å²) in [6, 6.07) is 2.40. The third kappa shape index (κ3) is 9.36. The van der Waals surface area contributed by atoms with Crippen molar-refractivity contribution in [1.29, 1.82) is 0 Å². The number of phosphoric acid groups is 1. The number of amides is 1. The number of carbonyl (C=O) groups excluding carboxylic acids is 1. The minimum absolute atomic E-state index is 0.105. The van der Waals surface area contributed by atoms with Crippen LogP contribution in [-0.4, -0.2) is 44.5 Å². The number of nitrogens with two attached hydrogens (primary N) is 1. The van der Waals surface area contributed by atoms with E-state index in [-0.39, 0.29) is 18.7 Å². The summed E-state index contributed by atoms with van der Waals surface area (Å²) >= 11 is 0. The maximum absolute atomic E-state index is 11.7. The standard InChI is InChI=1S/C15H24N3O8P/c16-7-3-1-2-4-14(20)18-17-11(15(21)22)8-10-5-6-13(12(19)9-10)26-27(23,24)25/h5-6,9,11,17,19H,1-4,7-8,16H2,(H,18,20)(H,21,22)(H2,23,24,25). The van der Waals surface area contributed by atoms with E-state index in [1.165, 1.54) is 6.07 Å². The average molecular weight is 405 g/mol. The van der Waals surface area contributed by atoms with Crippen LogP contribution >= 0.6 is 7.82 Å². The third-order valence-corrected chi connectivity index (χ3v) is 3.91. The highest BCUT2D eigenvalue weighted by Crippen LogP contribution is 2.41. The van der Waals surface area contributed by atoms with Crippen LogP contribution in [0.3, 0.4) is 0 Å². The number of carboxylic acid groups (broad SMARTS) is 1. The molecule has 1 unspecified atom stereocenters. The van der Waals surface area contributed by atoms with Crippen LogP contribution in [0.25, 0.3) is 0 Å². The van der Waals surface area contributed by atoms with Crippen LogP contribution in [0.4, 0.5) is 0 Å². The van der Waals surface area contributed by atoms with Crippen molar-refractivity contribution in [2.75, 3.05) is 6.54 Å². The van der Waals surface area contributed by atoms with Gasteiger partial charge in [0.05, 0.1) is 0 Å². The Balaban J connectivity index is 2.61. The molecule has 1 aromatic rings. The first kappa shape index (κ1) is 22.9. The van der Waals surface area contributed by atoms with Crippen molar-refractivity contribution < 1.29 is 38.7 Å². The van der Waals surface area contributed by atoms with Crippen molar-refractivity contribution in [3.63, 3.8) is 0 Å². The zero-order valence-corrected chi connectivity index (χ0v) is 15.4. The third-order valence-electron chi connectivity index (χ3n) is 3.47. The number of hydrogen-bond acceptors (Lipinski definition) is 7. The first-order valence-corrected chi connectivity index (χ1v) is 9.69.